The van der Waals surface area contributed by atoms with E-state index in [0.717, 1.165) is 110 Å². The van der Waals surface area contributed by atoms with E-state index in [-0.39, 0.29) is 11.1 Å². The lowest BCUT2D eigenvalue weighted by molar-refractivity contribution is 0.672. The quantitative estimate of drug-likeness (QED) is 0.178. The largest absolute Gasteiger partial charge is 0.455 e. The highest BCUT2D eigenvalue weighted by Gasteiger charge is 2.26. The summed E-state index contributed by atoms with van der Waals surface area (Å²) < 4.78 is 17.6. The molecule has 0 amide bonds. The first kappa shape index (κ1) is 34.1. The number of aromatic nitrogens is 2. The summed E-state index contributed by atoms with van der Waals surface area (Å²) >= 11 is 0. The molecule has 0 saturated carbocycles. The molecule has 9 aromatic carbocycles. The maximum absolute atomic E-state index is 11.2. The highest BCUT2D eigenvalue weighted by atomic mass is 16.3. The van der Waals surface area contributed by atoms with Crippen LogP contribution in [0.15, 0.2) is 191 Å². The number of furan rings is 2. The number of benzene rings is 9. The number of para-hydroxylation sites is 2. The van der Waals surface area contributed by atoms with Gasteiger partial charge in [0, 0.05) is 32.3 Å². The van der Waals surface area contributed by atoms with E-state index in [2.05, 4.69) is 118 Å². The Morgan fingerprint density at radius 3 is 1.18 bits per heavy atom. The van der Waals surface area contributed by atoms with Crippen LogP contribution in [-0.4, -0.2) is 9.13 Å². The van der Waals surface area contributed by atoms with Crippen molar-refractivity contribution in [2.45, 2.75) is 0 Å². The molecule has 0 aliphatic heterocycles. The van der Waals surface area contributed by atoms with E-state index >= 15 is 0 Å². The first-order valence-electron chi connectivity index (χ1n) is 20.5. The summed E-state index contributed by atoms with van der Waals surface area (Å²) in [7, 11) is 0. The van der Waals surface area contributed by atoms with Crippen molar-refractivity contribution in [2.75, 3.05) is 0 Å². The minimum Gasteiger partial charge on any atom is -0.455 e. The van der Waals surface area contributed by atoms with Gasteiger partial charge in [-0.25, -0.2) is 0 Å². The van der Waals surface area contributed by atoms with Crippen LogP contribution in [0.25, 0.3) is 121 Å². The Morgan fingerprint density at radius 1 is 0.339 bits per heavy atom. The standard InChI is InChI=1S/C56H30N4O2/c57-31-43-44(32-58)48(60-46-24-20-36(34-13-5-2-6-14-34)30-42(46)54-50(60)26-22-40-38-16-8-10-18-52(38)62-56(40)54)28-27-47(43)59-45-23-19-35(33-11-3-1-4-12-33)29-41(45)53-49(59)25-21-39-37-15-7-9-17-51(37)61-55(39)53/h1-30H. The average Bonchev–Trinajstić information content (AvgIpc) is 4.08. The number of hydrogen-bond acceptors (Lipinski definition) is 4. The molecule has 13 rings (SSSR count). The number of rotatable bonds is 4. The molecule has 0 radical (unpaired) electrons. The first-order chi connectivity index (χ1) is 30.7. The molecule has 4 aromatic heterocycles. The smallest absolute Gasteiger partial charge is 0.145 e. The summed E-state index contributed by atoms with van der Waals surface area (Å²) in [5.41, 5.74) is 12.9. The molecule has 0 N–H and O–H groups in total. The van der Waals surface area contributed by atoms with Gasteiger partial charge >= 0.3 is 0 Å². The molecule has 13 aromatic rings. The maximum atomic E-state index is 11.2. The zero-order chi connectivity index (χ0) is 41.1. The normalized spacial score (nSPS) is 11.8. The molecular formula is C56H30N4O2. The highest BCUT2D eigenvalue weighted by Crippen LogP contribution is 2.45. The third-order valence-corrected chi connectivity index (χ3v) is 12.6. The molecule has 0 aliphatic rings. The van der Waals surface area contributed by atoms with Crippen molar-refractivity contribution in [3.8, 4) is 45.8 Å². The monoisotopic (exact) mass is 790 g/mol. The number of hydrogen-bond donors (Lipinski definition) is 0. The fourth-order valence-corrected chi connectivity index (χ4v) is 9.89. The minimum atomic E-state index is 0.279. The number of nitriles is 2. The van der Waals surface area contributed by atoms with Crippen LogP contribution in [0.4, 0.5) is 0 Å². The van der Waals surface area contributed by atoms with Crippen molar-refractivity contribution in [1.82, 2.24) is 9.13 Å². The lowest BCUT2D eigenvalue weighted by Gasteiger charge is -2.16. The highest BCUT2D eigenvalue weighted by molar-refractivity contribution is 6.26. The lowest BCUT2D eigenvalue weighted by Crippen LogP contribution is -2.05. The van der Waals surface area contributed by atoms with Gasteiger partial charge < -0.3 is 18.0 Å². The second-order valence-corrected chi connectivity index (χ2v) is 15.8. The van der Waals surface area contributed by atoms with E-state index in [4.69, 9.17) is 8.83 Å². The summed E-state index contributed by atoms with van der Waals surface area (Å²) in [5, 5.41) is 30.4. The zero-order valence-electron chi connectivity index (χ0n) is 32.9. The van der Waals surface area contributed by atoms with Crippen LogP contribution in [0.1, 0.15) is 11.1 Å². The Hall–Kier alpha value is -8.84. The molecule has 286 valence electrons. The van der Waals surface area contributed by atoms with Gasteiger partial charge in [0.05, 0.1) is 55.3 Å². The zero-order valence-corrected chi connectivity index (χ0v) is 32.9. The second kappa shape index (κ2) is 12.8. The van der Waals surface area contributed by atoms with Gasteiger partial charge in [-0.3, -0.25) is 0 Å². The van der Waals surface area contributed by atoms with Crippen molar-refractivity contribution in [1.29, 1.82) is 10.5 Å². The first-order valence-corrected chi connectivity index (χ1v) is 20.5. The van der Waals surface area contributed by atoms with Crippen LogP contribution in [0, 0.1) is 22.7 Å². The summed E-state index contributed by atoms with van der Waals surface area (Å²) in [6, 6.07) is 67.2. The summed E-state index contributed by atoms with van der Waals surface area (Å²) in [4.78, 5) is 0. The van der Waals surface area contributed by atoms with Crippen molar-refractivity contribution < 1.29 is 8.83 Å². The molecule has 4 heterocycles. The number of fused-ring (bicyclic) bond motifs is 14. The van der Waals surface area contributed by atoms with E-state index in [1.807, 2.05) is 84.9 Å². The molecule has 0 fully saturated rings. The molecule has 0 aliphatic carbocycles. The average molecular weight is 791 g/mol. The summed E-state index contributed by atoms with van der Waals surface area (Å²) in [6.07, 6.45) is 0. The fraction of sp³-hybridized carbons (Fsp3) is 0. The van der Waals surface area contributed by atoms with E-state index < -0.39 is 0 Å². The Balaban J connectivity index is 1.11. The van der Waals surface area contributed by atoms with Crippen LogP contribution < -0.4 is 0 Å². The Labute approximate surface area is 353 Å². The van der Waals surface area contributed by atoms with Gasteiger partial charge in [0.25, 0.3) is 0 Å². The van der Waals surface area contributed by atoms with Gasteiger partial charge in [-0.15, -0.1) is 0 Å². The van der Waals surface area contributed by atoms with E-state index in [0.29, 0.717) is 11.4 Å². The molecule has 0 spiro atoms. The summed E-state index contributed by atoms with van der Waals surface area (Å²) in [6.45, 7) is 0. The molecular weight excluding hydrogens is 761 g/mol. The van der Waals surface area contributed by atoms with Crippen LogP contribution in [-0.2, 0) is 0 Å². The van der Waals surface area contributed by atoms with Crippen molar-refractivity contribution in [3.63, 3.8) is 0 Å². The molecule has 0 unspecified atom stereocenters. The topological polar surface area (TPSA) is 83.7 Å². The lowest BCUT2D eigenvalue weighted by atomic mass is 10.0. The van der Waals surface area contributed by atoms with Crippen molar-refractivity contribution in [2.24, 2.45) is 0 Å². The van der Waals surface area contributed by atoms with Gasteiger partial charge in [0.1, 0.15) is 34.5 Å². The molecule has 0 bridgehead atoms. The van der Waals surface area contributed by atoms with Gasteiger partial charge in [-0.05, 0) is 95.1 Å². The molecule has 0 saturated heterocycles. The third-order valence-electron chi connectivity index (χ3n) is 12.6. The molecule has 6 nitrogen and oxygen atoms in total. The molecule has 62 heavy (non-hydrogen) atoms. The second-order valence-electron chi connectivity index (χ2n) is 15.8. The number of nitrogens with zero attached hydrogens (tertiary/aromatic N) is 4. The van der Waals surface area contributed by atoms with Gasteiger partial charge in [-0.1, -0.05) is 109 Å². The van der Waals surface area contributed by atoms with Crippen LogP contribution in [0.5, 0.6) is 0 Å². The van der Waals surface area contributed by atoms with Crippen LogP contribution in [0.2, 0.25) is 0 Å². The van der Waals surface area contributed by atoms with Crippen molar-refractivity contribution >= 4 is 87.5 Å². The predicted octanol–water partition coefficient (Wildman–Crippen LogP) is 14.8. The Bertz CT molecular complexity index is 3850. The van der Waals surface area contributed by atoms with E-state index in [1.54, 1.807) is 0 Å². The van der Waals surface area contributed by atoms with Crippen LogP contribution >= 0.6 is 0 Å². The summed E-state index contributed by atoms with van der Waals surface area (Å²) in [5.74, 6) is 0. The van der Waals surface area contributed by atoms with Gasteiger partial charge in [0.2, 0.25) is 0 Å². The van der Waals surface area contributed by atoms with E-state index in [9.17, 15) is 10.5 Å². The molecule has 0 atom stereocenters. The predicted molar refractivity (Wildman–Crippen MR) is 250 cm³/mol. The van der Waals surface area contributed by atoms with Gasteiger partial charge in [0.15, 0.2) is 0 Å². The van der Waals surface area contributed by atoms with Crippen molar-refractivity contribution in [3.05, 3.63) is 193 Å². The molecule has 6 heteroatoms. The van der Waals surface area contributed by atoms with Gasteiger partial charge in [-0.2, -0.15) is 10.5 Å². The van der Waals surface area contributed by atoms with Crippen LogP contribution in [0.3, 0.4) is 0 Å². The minimum absolute atomic E-state index is 0.279. The fourth-order valence-electron chi connectivity index (χ4n) is 9.89. The Morgan fingerprint density at radius 2 is 0.742 bits per heavy atom. The SMILES string of the molecule is N#Cc1c(-n2c3ccc(-c4ccccc4)cc3c3c4oc5ccccc5c4ccc32)ccc(-n2c3ccc(-c4ccccc4)cc3c3c4oc5ccccc5c4ccc32)c1C#N. The van der Waals surface area contributed by atoms with E-state index in [1.165, 1.54) is 0 Å². The maximum Gasteiger partial charge on any atom is 0.145 e. The Kier molecular flexibility index (Phi) is 7.05. The third kappa shape index (κ3) is 4.66.